The Morgan fingerprint density at radius 1 is 1.25 bits per heavy atom. The molecule has 0 aromatic rings. The van der Waals surface area contributed by atoms with Gasteiger partial charge in [-0.05, 0) is 26.4 Å². The summed E-state index contributed by atoms with van der Waals surface area (Å²) in [5.74, 6) is 2.65. The van der Waals surface area contributed by atoms with Crippen LogP contribution in [0.3, 0.4) is 0 Å². The fraction of sp³-hybridized carbons (Fsp3) is 1.00. The number of hydrogen-bond donors (Lipinski definition) is 1. The fourth-order valence-electron chi connectivity index (χ4n) is 2.58. The number of likely N-dealkylation sites (N-methyl/N-ethyl adjacent to an activating group) is 1. The number of hydrogen-bond acceptors (Lipinski definition) is 4. The molecule has 94 valence electrons. The van der Waals surface area contributed by atoms with Crippen molar-refractivity contribution >= 4 is 11.8 Å². The minimum atomic E-state index is 0.734. The molecule has 0 saturated carbocycles. The van der Waals surface area contributed by atoms with Crippen molar-refractivity contribution in [3.8, 4) is 0 Å². The highest BCUT2D eigenvalue weighted by Gasteiger charge is 2.16. The number of likely N-dealkylation sites (tertiary alicyclic amines) is 1. The monoisotopic (exact) mass is 243 g/mol. The van der Waals surface area contributed by atoms with Gasteiger partial charge in [-0.15, -0.1) is 0 Å². The summed E-state index contributed by atoms with van der Waals surface area (Å²) in [5, 5.41) is 3.71. The van der Waals surface area contributed by atoms with Crippen molar-refractivity contribution in [2.45, 2.75) is 18.9 Å². The topological polar surface area (TPSA) is 18.5 Å². The predicted molar refractivity (Wildman–Crippen MR) is 72.3 cm³/mol. The van der Waals surface area contributed by atoms with E-state index in [-0.39, 0.29) is 0 Å². The third-order valence-corrected chi connectivity index (χ3v) is 4.53. The van der Waals surface area contributed by atoms with Crippen molar-refractivity contribution in [1.82, 2.24) is 15.1 Å². The summed E-state index contributed by atoms with van der Waals surface area (Å²) < 4.78 is 0. The van der Waals surface area contributed by atoms with Crippen molar-refractivity contribution in [1.29, 1.82) is 0 Å². The normalized spacial score (nSPS) is 29.4. The van der Waals surface area contributed by atoms with E-state index in [2.05, 4.69) is 33.9 Å². The molecule has 0 aromatic carbocycles. The van der Waals surface area contributed by atoms with Crippen LogP contribution in [0.1, 0.15) is 12.8 Å². The Kier molecular flexibility index (Phi) is 5.42. The van der Waals surface area contributed by atoms with Gasteiger partial charge < -0.3 is 15.1 Å². The molecular weight excluding hydrogens is 218 g/mol. The molecule has 1 N–H and O–H groups in total. The zero-order chi connectivity index (χ0) is 11.2. The van der Waals surface area contributed by atoms with Crippen LogP contribution < -0.4 is 5.32 Å². The van der Waals surface area contributed by atoms with Crippen LogP contribution in [0.4, 0.5) is 0 Å². The van der Waals surface area contributed by atoms with Gasteiger partial charge >= 0.3 is 0 Å². The Labute approximate surface area is 104 Å². The van der Waals surface area contributed by atoms with Crippen molar-refractivity contribution < 1.29 is 0 Å². The summed E-state index contributed by atoms with van der Waals surface area (Å²) in [7, 11) is 2.23. The quantitative estimate of drug-likeness (QED) is 0.784. The first-order valence-electron chi connectivity index (χ1n) is 6.56. The van der Waals surface area contributed by atoms with E-state index in [0.29, 0.717) is 0 Å². The van der Waals surface area contributed by atoms with Gasteiger partial charge in [-0.25, -0.2) is 0 Å². The number of thioether (sulfide) groups is 1. The second-order valence-corrected chi connectivity index (χ2v) is 6.23. The van der Waals surface area contributed by atoms with Gasteiger partial charge in [-0.3, -0.25) is 0 Å². The molecule has 4 heteroatoms. The number of piperidine rings is 1. The van der Waals surface area contributed by atoms with E-state index in [0.717, 1.165) is 6.04 Å². The van der Waals surface area contributed by atoms with E-state index in [1.165, 1.54) is 63.6 Å². The molecule has 0 amide bonds. The molecule has 1 unspecified atom stereocenters. The maximum atomic E-state index is 3.71. The second-order valence-electron chi connectivity index (χ2n) is 5.01. The van der Waals surface area contributed by atoms with Crippen LogP contribution in [0, 0.1) is 0 Å². The molecule has 0 spiro atoms. The molecule has 0 radical (unpaired) electrons. The molecule has 2 rings (SSSR count). The summed E-state index contributed by atoms with van der Waals surface area (Å²) >= 11 is 2.09. The van der Waals surface area contributed by atoms with Gasteiger partial charge in [0.25, 0.3) is 0 Å². The third kappa shape index (κ3) is 4.24. The first-order chi connectivity index (χ1) is 7.84. The van der Waals surface area contributed by atoms with Crippen LogP contribution in [-0.4, -0.2) is 73.7 Å². The zero-order valence-electron chi connectivity index (χ0n) is 10.5. The zero-order valence-corrected chi connectivity index (χ0v) is 11.3. The smallest absolute Gasteiger partial charge is 0.0195 e. The first kappa shape index (κ1) is 12.7. The highest BCUT2D eigenvalue weighted by molar-refractivity contribution is 7.99. The van der Waals surface area contributed by atoms with Crippen molar-refractivity contribution in [3.05, 3.63) is 0 Å². The van der Waals surface area contributed by atoms with E-state index >= 15 is 0 Å². The van der Waals surface area contributed by atoms with Crippen LogP contribution in [0.25, 0.3) is 0 Å². The van der Waals surface area contributed by atoms with E-state index in [1.807, 2.05) is 0 Å². The Balaban J connectivity index is 1.56. The first-order valence-corrected chi connectivity index (χ1v) is 7.72. The summed E-state index contributed by atoms with van der Waals surface area (Å²) in [5.41, 5.74) is 0. The number of rotatable bonds is 4. The van der Waals surface area contributed by atoms with E-state index in [4.69, 9.17) is 0 Å². The van der Waals surface area contributed by atoms with Gasteiger partial charge in [0.15, 0.2) is 0 Å². The van der Waals surface area contributed by atoms with Gasteiger partial charge in [0, 0.05) is 50.3 Å². The highest BCUT2D eigenvalue weighted by atomic mass is 32.2. The van der Waals surface area contributed by atoms with Gasteiger partial charge in [-0.1, -0.05) is 0 Å². The second kappa shape index (κ2) is 6.84. The minimum absolute atomic E-state index is 0.734. The summed E-state index contributed by atoms with van der Waals surface area (Å²) in [6, 6.07) is 0.734. The van der Waals surface area contributed by atoms with Crippen LogP contribution in [0.2, 0.25) is 0 Å². The van der Waals surface area contributed by atoms with Crippen LogP contribution in [-0.2, 0) is 0 Å². The number of nitrogens with one attached hydrogen (secondary N) is 1. The minimum Gasteiger partial charge on any atom is -0.311 e. The molecule has 2 aliphatic rings. The van der Waals surface area contributed by atoms with E-state index < -0.39 is 0 Å². The average Bonchev–Trinajstić information content (AvgIpc) is 2.30. The van der Waals surface area contributed by atoms with Gasteiger partial charge in [0.1, 0.15) is 0 Å². The molecule has 2 fully saturated rings. The maximum Gasteiger partial charge on any atom is 0.0195 e. The van der Waals surface area contributed by atoms with Crippen molar-refractivity contribution in [2.75, 3.05) is 57.8 Å². The van der Waals surface area contributed by atoms with E-state index in [1.54, 1.807) is 0 Å². The summed E-state index contributed by atoms with van der Waals surface area (Å²) in [6.45, 7) is 7.50. The lowest BCUT2D eigenvalue weighted by Gasteiger charge is -2.32. The maximum absolute atomic E-state index is 3.71. The highest BCUT2D eigenvalue weighted by Crippen LogP contribution is 2.09. The lowest BCUT2D eigenvalue weighted by Crippen LogP contribution is -2.46. The SMILES string of the molecule is CN1CCCC(NCCN2CCSCC2)C1. The molecule has 0 bridgehead atoms. The Morgan fingerprint density at radius 3 is 2.81 bits per heavy atom. The fourth-order valence-corrected chi connectivity index (χ4v) is 3.56. The van der Waals surface area contributed by atoms with Crippen LogP contribution in [0.15, 0.2) is 0 Å². The van der Waals surface area contributed by atoms with Crippen molar-refractivity contribution in [2.24, 2.45) is 0 Å². The van der Waals surface area contributed by atoms with E-state index in [9.17, 15) is 0 Å². The molecule has 2 saturated heterocycles. The molecule has 0 aromatic heterocycles. The summed E-state index contributed by atoms with van der Waals surface area (Å²) in [6.07, 6.45) is 2.72. The van der Waals surface area contributed by atoms with Gasteiger partial charge in [0.05, 0.1) is 0 Å². The van der Waals surface area contributed by atoms with Crippen molar-refractivity contribution in [3.63, 3.8) is 0 Å². The lowest BCUT2D eigenvalue weighted by atomic mass is 10.1. The Bertz CT molecular complexity index is 195. The third-order valence-electron chi connectivity index (χ3n) is 3.59. The lowest BCUT2D eigenvalue weighted by molar-refractivity contribution is 0.218. The molecule has 0 aliphatic carbocycles. The molecule has 2 aliphatic heterocycles. The Morgan fingerprint density at radius 2 is 2.06 bits per heavy atom. The standard InChI is InChI=1S/C12H25N3S/c1-14-5-2-3-12(11-14)13-4-6-15-7-9-16-10-8-15/h12-13H,2-11H2,1H3. The number of nitrogens with zero attached hydrogens (tertiary/aromatic N) is 2. The molecule has 1 atom stereocenters. The van der Waals surface area contributed by atoms with Gasteiger partial charge in [-0.2, -0.15) is 11.8 Å². The molecule has 3 nitrogen and oxygen atoms in total. The molecular formula is C12H25N3S. The predicted octanol–water partition coefficient (Wildman–Crippen LogP) is 0.719. The average molecular weight is 243 g/mol. The Hall–Kier alpha value is 0.230. The summed E-state index contributed by atoms with van der Waals surface area (Å²) in [4.78, 5) is 5.04. The molecule has 16 heavy (non-hydrogen) atoms. The van der Waals surface area contributed by atoms with Gasteiger partial charge in [0.2, 0.25) is 0 Å². The van der Waals surface area contributed by atoms with Crippen LogP contribution in [0.5, 0.6) is 0 Å². The van der Waals surface area contributed by atoms with Crippen LogP contribution >= 0.6 is 11.8 Å². The largest absolute Gasteiger partial charge is 0.311 e. The molecule has 2 heterocycles.